The van der Waals surface area contributed by atoms with Gasteiger partial charge in [0.05, 0.1) is 12.8 Å². The van der Waals surface area contributed by atoms with E-state index in [2.05, 4.69) is 0 Å². The number of rotatable bonds is 1. The van der Waals surface area contributed by atoms with Crippen LogP contribution in [0.2, 0.25) is 0 Å². The molecular weight excluding hydrogens is 180 g/mol. The van der Waals surface area contributed by atoms with Crippen LogP contribution in [0.15, 0.2) is 6.07 Å². The summed E-state index contributed by atoms with van der Waals surface area (Å²) in [6.45, 7) is 0. The van der Waals surface area contributed by atoms with Crippen LogP contribution in [0, 0.1) is 0 Å². The molecule has 0 unspecified atom stereocenters. The van der Waals surface area contributed by atoms with Gasteiger partial charge in [0.1, 0.15) is 11.5 Å². The van der Waals surface area contributed by atoms with Crippen molar-refractivity contribution in [1.82, 2.24) is 0 Å². The predicted molar refractivity (Wildman–Crippen MR) is 54.3 cm³/mol. The zero-order chi connectivity index (χ0) is 10.3. The summed E-state index contributed by atoms with van der Waals surface area (Å²) in [6, 6.07) is 1.52. The van der Waals surface area contributed by atoms with E-state index in [4.69, 9.17) is 16.2 Å². The van der Waals surface area contributed by atoms with Gasteiger partial charge in [-0.15, -0.1) is 0 Å². The predicted octanol–water partition coefficient (Wildman–Crippen LogP) is 0.929. The Hall–Kier alpha value is -1.42. The number of phenols is 1. The second-order valence-electron chi connectivity index (χ2n) is 3.55. The molecule has 0 heterocycles. The fourth-order valence-corrected chi connectivity index (χ4v) is 2.01. The molecule has 0 radical (unpaired) electrons. The molecular formula is C10H14N2O2. The van der Waals surface area contributed by atoms with Crippen LogP contribution in [-0.4, -0.2) is 12.2 Å². The molecule has 0 aromatic heterocycles. The van der Waals surface area contributed by atoms with Gasteiger partial charge >= 0.3 is 0 Å². The monoisotopic (exact) mass is 194 g/mol. The highest BCUT2D eigenvalue weighted by atomic mass is 16.5. The first-order valence-corrected chi connectivity index (χ1v) is 4.59. The number of ether oxygens (including phenoxy) is 1. The third-order valence-electron chi connectivity index (χ3n) is 2.73. The molecule has 0 saturated carbocycles. The molecule has 1 aliphatic carbocycles. The number of hydrogen-bond donors (Lipinski definition) is 3. The Morgan fingerprint density at radius 3 is 2.93 bits per heavy atom. The third kappa shape index (κ3) is 1.11. The average molecular weight is 194 g/mol. The minimum absolute atomic E-state index is 0.116. The summed E-state index contributed by atoms with van der Waals surface area (Å²) in [6.07, 6.45) is 1.68. The van der Waals surface area contributed by atoms with Crippen LogP contribution < -0.4 is 16.2 Å². The largest absolute Gasteiger partial charge is 0.505 e. The second-order valence-corrected chi connectivity index (χ2v) is 3.55. The highest BCUT2D eigenvalue weighted by Crippen LogP contribution is 2.44. The fourth-order valence-electron chi connectivity index (χ4n) is 2.01. The van der Waals surface area contributed by atoms with Crippen molar-refractivity contribution in [3.05, 3.63) is 17.2 Å². The molecule has 0 amide bonds. The van der Waals surface area contributed by atoms with Gasteiger partial charge in [-0.25, -0.2) is 0 Å². The first kappa shape index (κ1) is 9.15. The van der Waals surface area contributed by atoms with Gasteiger partial charge in [0, 0.05) is 23.2 Å². The minimum atomic E-state index is -0.123. The number of phenolic OH excluding ortho intramolecular Hbond substituents is 1. The number of benzene rings is 1. The Labute approximate surface area is 82.5 Å². The van der Waals surface area contributed by atoms with Crippen LogP contribution in [0.5, 0.6) is 11.5 Å². The molecule has 0 aliphatic heterocycles. The summed E-state index contributed by atoms with van der Waals surface area (Å²) in [5.74, 6) is 0.842. The topological polar surface area (TPSA) is 81.5 Å². The Morgan fingerprint density at radius 1 is 1.57 bits per heavy atom. The van der Waals surface area contributed by atoms with E-state index < -0.39 is 0 Å². The number of nitrogens with two attached hydrogens (primary N) is 2. The van der Waals surface area contributed by atoms with Crippen molar-refractivity contribution in [3.63, 3.8) is 0 Å². The lowest BCUT2D eigenvalue weighted by atomic mass is 10.0. The highest BCUT2D eigenvalue weighted by Gasteiger charge is 2.27. The summed E-state index contributed by atoms with van der Waals surface area (Å²) in [7, 11) is 1.59. The van der Waals surface area contributed by atoms with Gasteiger partial charge in [-0.2, -0.15) is 0 Å². The minimum Gasteiger partial charge on any atom is -0.505 e. The molecule has 0 fully saturated rings. The number of anilines is 1. The van der Waals surface area contributed by atoms with Crippen molar-refractivity contribution < 1.29 is 9.84 Å². The standard InChI is InChI=1S/C10H14N2O2/c1-14-8-4-7(12)10(13)9-5(8)2-3-6(9)11/h4,6,13H,2-3,11-12H2,1H3/t6-/m1/s1. The molecule has 14 heavy (non-hydrogen) atoms. The molecule has 76 valence electrons. The summed E-state index contributed by atoms with van der Waals surface area (Å²) >= 11 is 0. The SMILES string of the molecule is COc1cc(N)c(O)c2c1CC[C@H]2N. The molecule has 4 nitrogen and oxygen atoms in total. The van der Waals surface area contributed by atoms with E-state index >= 15 is 0 Å². The van der Waals surface area contributed by atoms with Crippen LogP contribution >= 0.6 is 0 Å². The molecule has 1 aromatic carbocycles. The van der Waals surface area contributed by atoms with E-state index in [1.54, 1.807) is 13.2 Å². The van der Waals surface area contributed by atoms with Crippen LogP contribution in [0.4, 0.5) is 5.69 Å². The molecule has 0 spiro atoms. The first-order valence-electron chi connectivity index (χ1n) is 4.59. The maximum absolute atomic E-state index is 9.75. The van der Waals surface area contributed by atoms with Crippen molar-refractivity contribution in [2.75, 3.05) is 12.8 Å². The molecule has 0 saturated heterocycles. The van der Waals surface area contributed by atoms with Gasteiger partial charge in [0.2, 0.25) is 0 Å². The molecule has 1 atom stereocenters. The molecule has 0 bridgehead atoms. The molecule has 2 rings (SSSR count). The summed E-state index contributed by atoms with van der Waals surface area (Å²) in [5.41, 5.74) is 13.6. The quantitative estimate of drug-likeness (QED) is 0.459. The van der Waals surface area contributed by atoms with Crippen LogP contribution in [-0.2, 0) is 6.42 Å². The average Bonchev–Trinajstić information content (AvgIpc) is 2.54. The van der Waals surface area contributed by atoms with Crippen LogP contribution in [0.3, 0.4) is 0 Å². The number of fused-ring (bicyclic) bond motifs is 1. The van der Waals surface area contributed by atoms with Crippen LogP contribution in [0.1, 0.15) is 23.6 Å². The lowest BCUT2D eigenvalue weighted by Gasteiger charge is -2.13. The van der Waals surface area contributed by atoms with E-state index in [9.17, 15) is 5.11 Å². The Bertz CT molecular complexity index is 377. The van der Waals surface area contributed by atoms with Crippen molar-refractivity contribution in [1.29, 1.82) is 0 Å². The fraction of sp³-hybridized carbons (Fsp3) is 0.400. The van der Waals surface area contributed by atoms with E-state index in [1.807, 2.05) is 0 Å². The zero-order valence-electron chi connectivity index (χ0n) is 8.08. The third-order valence-corrected chi connectivity index (χ3v) is 2.73. The van der Waals surface area contributed by atoms with E-state index in [-0.39, 0.29) is 11.8 Å². The second kappa shape index (κ2) is 3.06. The van der Waals surface area contributed by atoms with Gasteiger partial charge in [0.15, 0.2) is 0 Å². The van der Waals surface area contributed by atoms with Crippen LogP contribution in [0.25, 0.3) is 0 Å². The zero-order valence-corrected chi connectivity index (χ0v) is 8.08. The van der Waals surface area contributed by atoms with Gasteiger partial charge in [-0.1, -0.05) is 0 Å². The number of aromatic hydroxyl groups is 1. The Morgan fingerprint density at radius 2 is 2.29 bits per heavy atom. The first-order chi connectivity index (χ1) is 6.65. The normalized spacial score (nSPS) is 19.4. The van der Waals surface area contributed by atoms with Crippen molar-refractivity contribution in [2.45, 2.75) is 18.9 Å². The van der Waals surface area contributed by atoms with E-state index in [1.165, 1.54) is 0 Å². The Balaban J connectivity index is 2.66. The summed E-state index contributed by atoms with van der Waals surface area (Å²) in [4.78, 5) is 0. The van der Waals surface area contributed by atoms with Crippen molar-refractivity contribution in [3.8, 4) is 11.5 Å². The molecule has 1 aromatic rings. The van der Waals surface area contributed by atoms with E-state index in [0.717, 1.165) is 29.7 Å². The van der Waals surface area contributed by atoms with Crippen molar-refractivity contribution >= 4 is 5.69 Å². The lowest BCUT2D eigenvalue weighted by Crippen LogP contribution is -2.06. The van der Waals surface area contributed by atoms with Gasteiger partial charge in [-0.3, -0.25) is 0 Å². The van der Waals surface area contributed by atoms with Gasteiger partial charge in [-0.05, 0) is 12.8 Å². The van der Waals surface area contributed by atoms with Gasteiger partial charge < -0.3 is 21.3 Å². The summed E-state index contributed by atoms with van der Waals surface area (Å²) < 4.78 is 5.19. The maximum atomic E-state index is 9.75. The number of methoxy groups -OCH3 is 1. The molecule has 5 N–H and O–H groups in total. The molecule has 1 aliphatic rings. The van der Waals surface area contributed by atoms with E-state index in [0.29, 0.717) is 5.69 Å². The maximum Gasteiger partial charge on any atom is 0.143 e. The molecule has 4 heteroatoms. The summed E-state index contributed by atoms with van der Waals surface area (Å²) in [5, 5.41) is 9.75. The Kier molecular flexibility index (Phi) is 2.00. The lowest BCUT2D eigenvalue weighted by molar-refractivity contribution is 0.408. The van der Waals surface area contributed by atoms with Crippen molar-refractivity contribution in [2.24, 2.45) is 5.73 Å². The smallest absolute Gasteiger partial charge is 0.143 e. The number of hydrogen-bond acceptors (Lipinski definition) is 4. The highest BCUT2D eigenvalue weighted by molar-refractivity contribution is 5.65. The van der Waals surface area contributed by atoms with Gasteiger partial charge in [0.25, 0.3) is 0 Å². The number of nitrogen functional groups attached to an aromatic ring is 1.